The minimum atomic E-state index is -0.379. The van der Waals surface area contributed by atoms with E-state index >= 15 is 0 Å². The highest BCUT2D eigenvalue weighted by atomic mass is 35.5. The maximum Gasteiger partial charge on any atom is 0.262 e. The summed E-state index contributed by atoms with van der Waals surface area (Å²) < 4.78 is 5.49. The Balaban J connectivity index is 1.64. The molecule has 0 aliphatic carbocycles. The van der Waals surface area contributed by atoms with Gasteiger partial charge in [0.1, 0.15) is 11.5 Å². The van der Waals surface area contributed by atoms with Crippen LogP contribution in [0.4, 0.5) is 5.69 Å². The molecule has 0 aromatic heterocycles. The summed E-state index contributed by atoms with van der Waals surface area (Å²) in [5, 5.41) is 14.8. The molecule has 0 atom stereocenters. The Labute approximate surface area is 138 Å². The van der Waals surface area contributed by atoms with E-state index in [-0.39, 0.29) is 24.0 Å². The van der Waals surface area contributed by atoms with Gasteiger partial charge in [0.2, 0.25) is 0 Å². The molecule has 0 fully saturated rings. The van der Waals surface area contributed by atoms with Gasteiger partial charge in [-0.2, -0.15) is 0 Å². The molecule has 0 heterocycles. The van der Waals surface area contributed by atoms with Crippen molar-refractivity contribution in [2.45, 2.75) is 0 Å². The Hall–Kier alpha value is -2.72. The number of anilines is 1. The van der Waals surface area contributed by atoms with Crippen molar-refractivity contribution >= 4 is 34.0 Å². The highest BCUT2D eigenvalue weighted by Crippen LogP contribution is 2.26. The third kappa shape index (κ3) is 3.73. The third-order valence-corrected chi connectivity index (χ3v) is 3.56. The van der Waals surface area contributed by atoms with E-state index in [1.165, 1.54) is 18.2 Å². The number of rotatable bonds is 4. The second-order valence-corrected chi connectivity index (χ2v) is 5.44. The summed E-state index contributed by atoms with van der Waals surface area (Å²) in [6, 6.07) is 18.0. The van der Waals surface area contributed by atoms with Gasteiger partial charge in [0.05, 0.1) is 5.69 Å². The molecule has 0 radical (unpaired) electrons. The van der Waals surface area contributed by atoms with Crippen LogP contribution in [-0.4, -0.2) is 17.6 Å². The zero-order chi connectivity index (χ0) is 16.2. The number of benzene rings is 3. The van der Waals surface area contributed by atoms with Crippen LogP contribution < -0.4 is 10.1 Å². The summed E-state index contributed by atoms with van der Waals surface area (Å²) in [5.74, 6) is 0.179. The topological polar surface area (TPSA) is 58.6 Å². The molecule has 0 saturated carbocycles. The zero-order valence-corrected chi connectivity index (χ0v) is 12.9. The van der Waals surface area contributed by atoms with Crippen molar-refractivity contribution < 1.29 is 14.6 Å². The van der Waals surface area contributed by atoms with Crippen LogP contribution in [0.1, 0.15) is 0 Å². The van der Waals surface area contributed by atoms with Gasteiger partial charge in [-0.25, -0.2) is 0 Å². The second-order valence-electron chi connectivity index (χ2n) is 5.01. The van der Waals surface area contributed by atoms with Crippen LogP contribution in [0.15, 0.2) is 60.7 Å². The molecule has 4 nitrogen and oxygen atoms in total. The van der Waals surface area contributed by atoms with Gasteiger partial charge in [0.25, 0.3) is 5.91 Å². The summed E-state index contributed by atoms with van der Waals surface area (Å²) in [5.41, 5.74) is 0.254. The molecule has 5 heteroatoms. The van der Waals surface area contributed by atoms with Gasteiger partial charge in [-0.05, 0) is 41.1 Å². The van der Waals surface area contributed by atoms with Crippen LogP contribution in [-0.2, 0) is 4.79 Å². The summed E-state index contributed by atoms with van der Waals surface area (Å²) >= 11 is 5.84. The first-order valence-corrected chi connectivity index (χ1v) is 7.39. The van der Waals surface area contributed by atoms with Crippen LogP contribution in [0.2, 0.25) is 5.02 Å². The van der Waals surface area contributed by atoms with Crippen LogP contribution in [0.5, 0.6) is 11.5 Å². The molecule has 116 valence electrons. The number of phenolic OH excluding ortho intramolecular Hbond substituents is 1. The SMILES string of the molecule is O=C(COc1ccc2ccccc2c1)Nc1cc(Cl)ccc1O. The first-order chi connectivity index (χ1) is 11.1. The Bertz CT molecular complexity index is 864. The molecule has 0 aliphatic rings. The second kappa shape index (κ2) is 6.58. The lowest BCUT2D eigenvalue weighted by Crippen LogP contribution is -2.20. The number of carbonyl (C=O) groups excluding carboxylic acids is 1. The summed E-state index contributed by atoms with van der Waals surface area (Å²) in [6.45, 7) is -0.162. The standard InChI is InChI=1S/C18H14ClNO3/c19-14-6-8-17(21)16(10-14)20-18(22)11-23-15-7-5-12-3-1-2-4-13(12)9-15/h1-10,21H,11H2,(H,20,22). The molecule has 0 saturated heterocycles. The fourth-order valence-corrected chi connectivity index (χ4v) is 2.37. The van der Waals surface area contributed by atoms with Crippen LogP contribution >= 0.6 is 11.6 Å². The quantitative estimate of drug-likeness (QED) is 0.705. The van der Waals surface area contributed by atoms with Gasteiger partial charge in [-0.15, -0.1) is 0 Å². The minimum Gasteiger partial charge on any atom is -0.506 e. The maximum atomic E-state index is 11.9. The minimum absolute atomic E-state index is 0.0477. The fraction of sp³-hybridized carbons (Fsp3) is 0.0556. The van der Waals surface area contributed by atoms with Gasteiger partial charge in [0, 0.05) is 5.02 Å². The maximum absolute atomic E-state index is 11.9. The molecular formula is C18H14ClNO3. The van der Waals surface area contributed by atoms with Crippen LogP contribution in [0, 0.1) is 0 Å². The fourth-order valence-electron chi connectivity index (χ4n) is 2.20. The van der Waals surface area contributed by atoms with E-state index in [1.54, 1.807) is 0 Å². The van der Waals surface area contributed by atoms with E-state index in [4.69, 9.17) is 16.3 Å². The van der Waals surface area contributed by atoms with Crippen molar-refractivity contribution in [3.63, 3.8) is 0 Å². The first kappa shape index (κ1) is 15.2. The molecule has 1 amide bonds. The predicted molar refractivity (Wildman–Crippen MR) is 91.2 cm³/mol. The van der Waals surface area contributed by atoms with E-state index in [1.807, 2.05) is 42.5 Å². The molecule has 0 unspecified atom stereocenters. The monoisotopic (exact) mass is 327 g/mol. The molecule has 3 rings (SSSR count). The number of amides is 1. The molecule has 3 aromatic carbocycles. The smallest absolute Gasteiger partial charge is 0.262 e. The van der Waals surface area contributed by atoms with Crippen LogP contribution in [0.25, 0.3) is 10.8 Å². The summed E-state index contributed by atoms with van der Waals surface area (Å²) in [4.78, 5) is 11.9. The van der Waals surface area contributed by atoms with Crippen molar-refractivity contribution in [2.24, 2.45) is 0 Å². The molecular weight excluding hydrogens is 314 g/mol. The van der Waals surface area contributed by atoms with Crippen molar-refractivity contribution in [1.82, 2.24) is 0 Å². The van der Waals surface area contributed by atoms with Crippen molar-refractivity contribution in [2.75, 3.05) is 11.9 Å². The number of halogens is 1. The largest absolute Gasteiger partial charge is 0.506 e. The molecule has 0 spiro atoms. The lowest BCUT2D eigenvalue weighted by molar-refractivity contribution is -0.118. The van der Waals surface area contributed by atoms with Gasteiger partial charge >= 0.3 is 0 Å². The summed E-state index contributed by atoms with van der Waals surface area (Å²) in [6.07, 6.45) is 0. The van der Waals surface area contributed by atoms with E-state index < -0.39 is 0 Å². The van der Waals surface area contributed by atoms with Gasteiger partial charge in [-0.3, -0.25) is 4.79 Å². The summed E-state index contributed by atoms with van der Waals surface area (Å²) in [7, 11) is 0. The highest BCUT2D eigenvalue weighted by molar-refractivity contribution is 6.31. The lowest BCUT2D eigenvalue weighted by Gasteiger charge is -2.09. The van der Waals surface area contributed by atoms with Crippen molar-refractivity contribution in [1.29, 1.82) is 0 Å². The zero-order valence-electron chi connectivity index (χ0n) is 12.1. The van der Waals surface area contributed by atoms with Gasteiger partial charge in [-0.1, -0.05) is 41.9 Å². The van der Waals surface area contributed by atoms with Gasteiger partial charge < -0.3 is 15.2 Å². The molecule has 0 bridgehead atoms. The average molecular weight is 328 g/mol. The number of hydrogen-bond donors (Lipinski definition) is 2. The lowest BCUT2D eigenvalue weighted by atomic mass is 10.1. The molecule has 23 heavy (non-hydrogen) atoms. The molecule has 0 aliphatic heterocycles. The number of carbonyl (C=O) groups is 1. The Morgan fingerprint density at radius 2 is 1.83 bits per heavy atom. The molecule has 3 aromatic rings. The van der Waals surface area contributed by atoms with Crippen molar-refractivity contribution in [3.05, 3.63) is 65.7 Å². The number of fused-ring (bicyclic) bond motifs is 1. The average Bonchev–Trinajstić information content (AvgIpc) is 2.56. The normalized spacial score (nSPS) is 10.5. The third-order valence-electron chi connectivity index (χ3n) is 3.32. The van der Waals surface area contributed by atoms with E-state index in [0.29, 0.717) is 10.8 Å². The number of nitrogens with one attached hydrogen (secondary N) is 1. The number of phenols is 1. The van der Waals surface area contributed by atoms with Gasteiger partial charge in [0.15, 0.2) is 6.61 Å². The Morgan fingerprint density at radius 1 is 1.04 bits per heavy atom. The number of aromatic hydroxyl groups is 1. The first-order valence-electron chi connectivity index (χ1n) is 7.02. The van der Waals surface area contributed by atoms with E-state index in [2.05, 4.69) is 5.32 Å². The predicted octanol–water partition coefficient (Wildman–Crippen LogP) is 4.22. The Morgan fingerprint density at radius 3 is 2.65 bits per heavy atom. The Kier molecular flexibility index (Phi) is 4.35. The van der Waals surface area contributed by atoms with E-state index in [9.17, 15) is 9.90 Å². The number of ether oxygens (including phenoxy) is 1. The van der Waals surface area contributed by atoms with Crippen LogP contribution in [0.3, 0.4) is 0 Å². The number of hydrogen-bond acceptors (Lipinski definition) is 3. The highest BCUT2D eigenvalue weighted by Gasteiger charge is 2.08. The van der Waals surface area contributed by atoms with E-state index in [0.717, 1.165) is 10.8 Å². The molecule has 2 N–H and O–H groups in total. The van der Waals surface area contributed by atoms with Crippen molar-refractivity contribution in [3.8, 4) is 11.5 Å².